The molecule has 0 bridgehead atoms. The molecule has 1 fully saturated rings. The third-order valence-corrected chi connectivity index (χ3v) is 9.48. The van der Waals surface area contributed by atoms with Crippen molar-refractivity contribution in [2.75, 3.05) is 45.0 Å². The van der Waals surface area contributed by atoms with Crippen LogP contribution in [0.2, 0.25) is 0 Å². The zero-order chi connectivity index (χ0) is 33.1. The molecule has 7 N–H and O–H groups in total. The first-order valence-corrected chi connectivity index (χ1v) is 15.1. The topological polar surface area (TPSA) is 216 Å². The molecule has 5 rings (SSSR count). The Morgan fingerprint density at radius 1 is 1.20 bits per heavy atom. The van der Waals surface area contributed by atoms with Gasteiger partial charge in [0.15, 0.2) is 22.2 Å². The summed E-state index contributed by atoms with van der Waals surface area (Å²) in [6.45, 7) is 1.91. The summed E-state index contributed by atoms with van der Waals surface area (Å²) in [6, 6.07) is 0.577. The number of thiazole rings is 1. The molecule has 1 aromatic carbocycles. The number of nitrogens with zero attached hydrogens (tertiary/aromatic N) is 3. The number of anilines is 2. The molecule has 4 atom stereocenters. The fourth-order valence-electron chi connectivity index (χ4n) is 6.70. The van der Waals surface area contributed by atoms with Gasteiger partial charge in [0, 0.05) is 48.8 Å². The van der Waals surface area contributed by atoms with E-state index in [2.05, 4.69) is 10.3 Å². The number of benzene rings is 1. The minimum absolute atomic E-state index is 0. The number of aliphatic hydroxyl groups is 3. The van der Waals surface area contributed by atoms with E-state index in [1.54, 1.807) is 46.1 Å². The summed E-state index contributed by atoms with van der Waals surface area (Å²) in [5, 5.41) is 50.9. The Bertz CT molecular complexity index is 1690. The third kappa shape index (κ3) is 5.17. The lowest BCUT2D eigenvalue weighted by Crippen LogP contribution is -2.65. The molecular formula is C31H39N5O9S. The van der Waals surface area contributed by atoms with Crippen LogP contribution in [0.5, 0.6) is 5.75 Å². The molecule has 46 heavy (non-hydrogen) atoms. The van der Waals surface area contributed by atoms with Gasteiger partial charge in [-0.15, -0.1) is 11.3 Å². The largest absolute Gasteiger partial charge is 0.508 e. The maximum Gasteiger partial charge on any atom is 0.357 e. The number of nitrogens with one attached hydrogen (secondary N) is 1. The van der Waals surface area contributed by atoms with E-state index in [0.717, 1.165) is 11.3 Å². The molecule has 1 unspecified atom stereocenters. The van der Waals surface area contributed by atoms with Crippen LogP contribution in [0, 0.1) is 11.8 Å². The number of rotatable bonds is 8. The number of nitrogens with two attached hydrogens (primary N) is 1. The maximum absolute atomic E-state index is 14.1. The number of aromatic nitrogens is 1. The van der Waals surface area contributed by atoms with Crippen LogP contribution in [-0.2, 0) is 32.1 Å². The van der Waals surface area contributed by atoms with Gasteiger partial charge in [0.2, 0.25) is 5.78 Å². The van der Waals surface area contributed by atoms with Crippen molar-refractivity contribution >= 4 is 51.4 Å². The summed E-state index contributed by atoms with van der Waals surface area (Å²) in [7, 11) is 6.67. The summed E-state index contributed by atoms with van der Waals surface area (Å²) in [4.78, 5) is 59.1. The van der Waals surface area contributed by atoms with Crippen LogP contribution in [-0.4, -0.2) is 100 Å². The van der Waals surface area contributed by atoms with Crippen LogP contribution in [0.3, 0.4) is 0 Å². The molecule has 15 heteroatoms. The Kier molecular flexibility index (Phi) is 9.26. The van der Waals surface area contributed by atoms with E-state index in [-0.39, 0.29) is 56.0 Å². The molecule has 1 saturated carbocycles. The number of ketones is 2. The summed E-state index contributed by atoms with van der Waals surface area (Å²) < 4.78 is 4.97. The van der Waals surface area contributed by atoms with Gasteiger partial charge in [0.25, 0.3) is 5.91 Å². The molecule has 3 aliphatic carbocycles. The number of aromatic hydroxyl groups is 1. The van der Waals surface area contributed by atoms with Gasteiger partial charge < -0.3 is 41.1 Å². The number of phenols is 1. The number of ether oxygens (including phenoxy) is 1. The van der Waals surface area contributed by atoms with E-state index in [1.807, 2.05) is 0 Å². The summed E-state index contributed by atoms with van der Waals surface area (Å²) >= 11 is 1.16. The number of Topliss-reactive ketones (excluding diaryl/α,β-unsaturated/α-hetero) is 2. The highest BCUT2D eigenvalue weighted by atomic mass is 32.1. The lowest BCUT2D eigenvalue weighted by atomic mass is 9.57. The number of primary amides is 1. The van der Waals surface area contributed by atoms with Gasteiger partial charge in [-0.2, -0.15) is 0 Å². The lowest BCUT2D eigenvalue weighted by Gasteiger charge is -2.50. The van der Waals surface area contributed by atoms with Crippen molar-refractivity contribution < 1.29 is 44.3 Å². The van der Waals surface area contributed by atoms with E-state index in [9.17, 15) is 39.6 Å². The van der Waals surface area contributed by atoms with Gasteiger partial charge in [-0.3, -0.25) is 19.3 Å². The second-order valence-electron chi connectivity index (χ2n) is 11.7. The highest BCUT2D eigenvalue weighted by Gasteiger charge is 2.64. The SMILES string of the molecule is C.CCOC(=O)c1csc(NCc2cc(N(C)C)c3c(c2O)C(O)=C2C(=O)[C@]4(O)C(O)=C(C(N)=O)C(=O)C(N(C)C)[C@@H]4C[C@@H]2C3)n1. The van der Waals surface area contributed by atoms with Gasteiger partial charge in [0.1, 0.15) is 22.8 Å². The molecule has 14 nitrogen and oxygen atoms in total. The number of carbonyl (C=O) groups is 4. The number of hydrogen-bond acceptors (Lipinski definition) is 14. The van der Waals surface area contributed by atoms with Gasteiger partial charge in [-0.05, 0) is 51.4 Å². The van der Waals surface area contributed by atoms with E-state index in [1.165, 1.54) is 10.3 Å². The van der Waals surface area contributed by atoms with Crippen LogP contribution in [0.1, 0.15) is 48.0 Å². The molecule has 2 aromatic rings. The quantitative estimate of drug-likeness (QED) is 0.177. The van der Waals surface area contributed by atoms with Crippen LogP contribution in [0.25, 0.3) is 5.76 Å². The normalized spacial score (nSPS) is 23.8. The molecule has 0 spiro atoms. The number of aliphatic hydroxyl groups excluding tert-OH is 2. The summed E-state index contributed by atoms with van der Waals surface area (Å²) in [5.74, 6) is -7.63. The predicted molar refractivity (Wildman–Crippen MR) is 171 cm³/mol. The fourth-order valence-corrected chi connectivity index (χ4v) is 7.38. The van der Waals surface area contributed by atoms with Crippen molar-refractivity contribution in [2.24, 2.45) is 17.6 Å². The number of esters is 1. The van der Waals surface area contributed by atoms with Crippen molar-refractivity contribution in [3.8, 4) is 5.75 Å². The lowest BCUT2D eigenvalue weighted by molar-refractivity contribution is -0.153. The summed E-state index contributed by atoms with van der Waals surface area (Å²) in [6.07, 6.45) is 0.161. The van der Waals surface area contributed by atoms with Crippen molar-refractivity contribution in [1.29, 1.82) is 0 Å². The molecule has 1 aromatic heterocycles. The molecule has 0 radical (unpaired) electrons. The fraction of sp³-hybridized carbons (Fsp3) is 0.452. The smallest absolute Gasteiger partial charge is 0.357 e. The molecule has 0 aliphatic heterocycles. The van der Waals surface area contributed by atoms with Crippen molar-refractivity contribution in [3.63, 3.8) is 0 Å². The van der Waals surface area contributed by atoms with Crippen molar-refractivity contribution in [3.05, 3.63) is 50.7 Å². The average Bonchev–Trinajstić information content (AvgIpc) is 3.43. The number of phenolic OH excluding ortho intramolecular Hbond substituents is 1. The predicted octanol–water partition coefficient (Wildman–Crippen LogP) is 1.91. The van der Waals surface area contributed by atoms with E-state index < -0.39 is 64.0 Å². The number of amides is 1. The number of fused-ring (bicyclic) bond motifs is 3. The Labute approximate surface area is 269 Å². The standard InChI is InChI=1S/C30H35N5O9S.CH4/c1-6-44-28(42)16-11-45-29(33-16)32-10-13-9-17(34(2)3)14-7-12-8-15-21(35(4)5)24(38)20(27(31)41)26(40)30(15,43)25(39)18(12)23(37)19(14)22(13)36;/h9,11-12,15,21,36-37,40,43H,6-8,10H2,1-5H3,(H2,31,41)(H,32,33);1H4/t12-,15-,21?,30-;/m0./s1. The Morgan fingerprint density at radius 3 is 2.46 bits per heavy atom. The monoisotopic (exact) mass is 657 g/mol. The first kappa shape index (κ1) is 34.4. The molecule has 0 saturated heterocycles. The molecule has 1 amide bonds. The van der Waals surface area contributed by atoms with Crippen LogP contribution < -0.4 is 16.0 Å². The Hall–Kier alpha value is -4.47. The second kappa shape index (κ2) is 12.4. The van der Waals surface area contributed by atoms with Gasteiger partial charge in [-0.25, -0.2) is 9.78 Å². The van der Waals surface area contributed by atoms with E-state index >= 15 is 0 Å². The highest BCUT2D eigenvalue weighted by molar-refractivity contribution is 7.13. The van der Waals surface area contributed by atoms with Gasteiger partial charge >= 0.3 is 5.97 Å². The second-order valence-corrected chi connectivity index (χ2v) is 12.6. The highest BCUT2D eigenvalue weighted by Crippen LogP contribution is 2.54. The van der Waals surface area contributed by atoms with Gasteiger partial charge in [-0.1, -0.05) is 7.43 Å². The Morgan fingerprint density at radius 2 is 1.87 bits per heavy atom. The van der Waals surface area contributed by atoms with Crippen molar-refractivity contribution in [2.45, 2.75) is 45.4 Å². The first-order valence-electron chi connectivity index (χ1n) is 14.2. The minimum atomic E-state index is -2.72. The van der Waals surface area contributed by atoms with Crippen LogP contribution >= 0.6 is 11.3 Å². The van der Waals surface area contributed by atoms with Crippen molar-refractivity contribution in [1.82, 2.24) is 9.88 Å². The van der Waals surface area contributed by atoms with E-state index in [0.29, 0.717) is 21.9 Å². The zero-order valence-corrected chi connectivity index (χ0v) is 26.2. The number of likely N-dealkylation sites (N-methyl/N-ethyl adjacent to an activating group) is 1. The average molecular weight is 658 g/mol. The first-order chi connectivity index (χ1) is 21.1. The summed E-state index contributed by atoms with van der Waals surface area (Å²) in [5.41, 5.74) is 3.23. The third-order valence-electron chi connectivity index (χ3n) is 8.68. The molecular weight excluding hydrogens is 618 g/mol. The number of carbonyl (C=O) groups excluding carboxylic acids is 4. The maximum atomic E-state index is 14.1. The Balaban J connectivity index is 0.00000480. The number of hydrogen-bond donors (Lipinski definition) is 6. The molecule has 3 aliphatic rings. The zero-order valence-electron chi connectivity index (χ0n) is 25.4. The van der Waals surface area contributed by atoms with Gasteiger partial charge in [0.05, 0.1) is 18.2 Å². The van der Waals surface area contributed by atoms with E-state index in [4.69, 9.17) is 10.5 Å². The molecule has 248 valence electrons. The molecule has 1 heterocycles. The van der Waals surface area contributed by atoms with Crippen LogP contribution in [0.15, 0.2) is 28.4 Å². The van der Waals surface area contributed by atoms with Crippen LogP contribution in [0.4, 0.5) is 10.8 Å². The minimum Gasteiger partial charge on any atom is -0.508 e.